The molecule has 1 aliphatic rings. The van der Waals surface area contributed by atoms with Crippen molar-refractivity contribution in [2.75, 3.05) is 25.1 Å². The number of halogens is 1. The second kappa shape index (κ2) is 10.6. The Morgan fingerprint density at radius 3 is 2.44 bits per heavy atom. The number of amides is 1. The number of fused-ring (bicyclic) bond motifs is 1. The van der Waals surface area contributed by atoms with Crippen LogP contribution in [0.3, 0.4) is 0 Å². The number of hydrogen-bond acceptors (Lipinski definition) is 4. The summed E-state index contributed by atoms with van der Waals surface area (Å²) in [5.74, 6) is 1.13. The van der Waals surface area contributed by atoms with Crippen molar-refractivity contribution in [3.05, 3.63) is 94.4 Å². The Kier molecular flexibility index (Phi) is 7.14. The molecule has 0 unspecified atom stereocenters. The number of nitrogens with zero attached hydrogens (tertiary/aromatic N) is 3. The van der Waals surface area contributed by atoms with Crippen molar-refractivity contribution >= 4 is 28.8 Å². The first kappa shape index (κ1) is 24.2. The van der Waals surface area contributed by atoms with Crippen LogP contribution in [0.25, 0.3) is 5.65 Å². The van der Waals surface area contributed by atoms with Gasteiger partial charge in [0.25, 0.3) is 5.91 Å². The number of carbonyl (C=O) groups is 1. The molecule has 3 heterocycles. The highest BCUT2D eigenvalue weighted by Gasteiger charge is 2.21. The van der Waals surface area contributed by atoms with Crippen molar-refractivity contribution in [2.24, 2.45) is 0 Å². The standard InChI is InChI=1S/C29H31ClN4O2/c1-3-26-28(34-19-25(36-2)12-13-27(34)32-26)29(35)31-18-20-4-10-24(11-5-20)33-16-14-22(15-17-33)21-6-8-23(30)9-7-21/h4-13,19,22H,3,14-18H2,1-2H3,(H,31,35). The van der Waals surface area contributed by atoms with Crippen LogP contribution < -0.4 is 15.0 Å². The number of rotatable bonds is 7. The minimum atomic E-state index is -0.138. The van der Waals surface area contributed by atoms with Gasteiger partial charge in [-0.25, -0.2) is 4.98 Å². The predicted octanol–water partition coefficient (Wildman–Crippen LogP) is 5.87. The summed E-state index contributed by atoms with van der Waals surface area (Å²) < 4.78 is 7.14. The van der Waals surface area contributed by atoms with Crippen LogP contribution in [-0.4, -0.2) is 35.5 Å². The number of piperidine rings is 1. The summed E-state index contributed by atoms with van der Waals surface area (Å²) in [4.78, 5) is 20.2. The molecule has 1 aliphatic heterocycles. The summed E-state index contributed by atoms with van der Waals surface area (Å²) in [6.07, 6.45) is 4.74. The average Bonchev–Trinajstić information content (AvgIpc) is 3.30. The summed E-state index contributed by atoms with van der Waals surface area (Å²) in [6, 6.07) is 20.5. The zero-order valence-electron chi connectivity index (χ0n) is 20.7. The van der Waals surface area contributed by atoms with Gasteiger partial charge in [-0.05, 0) is 72.7 Å². The fourth-order valence-corrected chi connectivity index (χ4v) is 5.10. The molecule has 2 aromatic carbocycles. The molecular weight excluding hydrogens is 472 g/mol. The van der Waals surface area contributed by atoms with Crippen LogP contribution in [0.4, 0.5) is 5.69 Å². The van der Waals surface area contributed by atoms with Gasteiger partial charge in [0.15, 0.2) is 0 Å². The molecule has 0 aliphatic carbocycles. The summed E-state index contributed by atoms with van der Waals surface area (Å²) in [5.41, 5.74) is 5.74. The van der Waals surface area contributed by atoms with Crippen molar-refractivity contribution in [2.45, 2.75) is 38.6 Å². The van der Waals surface area contributed by atoms with E-state index < -0.39 is 0 Å². The fraction of sp³-hybridized carbons (Fsp3) is 0.310. The first-order valence-electron chi connectivity index (χ1n) is 12.5. The molecule has 4 aromatic rings. The fourth-order valence-electron chi connectivity index (χ4n) is 4.98. The Bertz CT molecular complexity index is 1340. The van der Waals surface area contributed by atoms with E-state index in [0.717, 1.165) is 47.9 Å². The third-order valence-electron chi connectivity index (χ3n) is 7.04. The van der Waals surface area contributed by atoms with E-state index >= 15 is 0 Å². The molecule has 0 saturated carbocycles. The van der Waals surface area contributed by atoms with Crippen molar-refractivity contribution in [3.63, 3.8) is 0 Å². The number of carbonyl (C=O) groups excluding carboxylic acids is 1. The lowest BCUT2D eigenvalue weighted by Gasteiger charge is -2.34. The molecule has 7 heteroatoms. The molecule has 1 fully saturated rings. The number of aryl methyl sites for hydroxylation is 1. The van der Waals surface area contributed by atoms with Gasteiger partial charge in [-0.15, -0.1) is 0 Å². The molecule has 186 valence electrons. The molecule has 36 heavy (non-hydrogen) atoms. The third-order valence-corrected chi connectivity index (χ3v) is 7.29. The molecule has 5 rings (SSSR count). The lowest BCUT2D eigenvalue weighted by molar-refractivity contribution is 0.0944. The van der Waals surface area contributed by atoms with E-state index in [-0.39, 0.29) is 5.91 Å². The number of pyridine rings is 1. The summed E-state index contributed by atoms with van der Waals surface area (Å²) >= 11 is 6.04. The van der Waals surface area contributed by atoms with E-state index in [1.54, 1.807) is 13.3 Å². The number of ether oxygens (including phenoxy) is 1. The van der Waals surface area contributed by atoms with Crippen LogP contribution in [0.2, 0.25) is 5.02 Å². The third kappa shape index (κ3) is 5.05. The highest BCUT2D eigenvalue weighted by atomic mass is 35.5. The number of nitrogens with one attached hydrogen (secondary N) is 1. The molecule has 0 radical (unpaired) electrons. The number of hydrogen-bond donors (Lipinski definition) is 1. The SMILES string of the molecule is CCc1nc2ccc(OC)cn2c1C(=O)NCc1ccc(N2CCC(c3ccc(Cl)cc3)CC2)cc1. The Morgan fingerprint density at radius 2 is 1.78 bits per heavy atom. The molecular formula is C29H31ClN4O2. The summed E-state index contributed by atoms with van der Waals surface area (Å²) in [6.45, 7) is 4.52. The lowest BCUT2D eigenvalue weighted by atomic mass is 9.89. The second-order valence-electron chi connectivity index (χ2n) is 9.22. The molecule has 0 bridgehead atoms. The Labute approximate surface area is 216 Å². The Hall–Kier alpha value is -3.51. The van der Waals surface area contributed by atoms with E-state index in [1.165, 1.54) is 11.3 Å². The number of benzene rings is 2. The second-order valence-corrected chi connectivity index (χ2v) is 9.66. The van der Waals surface area contributed by atoms with Crippen molar-refractivity contribution in [3.8, 4) is 5.75 Å². The van der Waals surface area contributed by atoms with Gasteiger partial charge in [-0.1, -0.05) is 42.8 Å². The van der Waals surface area contributed by atoms with Gasteiger partial charge in [0.05, 0.1) is 19.0 Å². The van der Waals surface area contributed by atoms with Gasteiger partial charge < -0.3 is 15.0 Å². The minimum absolute atomic E-state index is 0.138. The average molecular weight is 503 g/mol. The van der Waals surface area contributed by atoms with Gasteiger partial charge in [0.2, 0.25) is 0 Å². The van der Waals surface area contributed by atoms with Gasteiger partial charge in [0.1, 0.15) is 17.1 Å². The first-order valence-corrected chi connectivity index (χ1v) is 12.9. The highest BCUT2D eigenvalue weighted by molar-refractivity contribution is 6.30. The van der Waals surface area contributed by atoms with E-state index in [0.29, 0.717) is 30.3 Å². The van der Waals surface area contributed by atoms with Gasteiger partial charge in [0, 0.05) is 30.3 Å². The Morgan fingerprint density at radius 1 is 1.06 bits per heavy atom. The van der Waals surface area contributed by atoms with Crippen LogP contribution in [0.1, 0.15) is 53.0 Å². The van der Waals surface area contributed by atoms with E-state index in [4.69, 9.17) is 16.3 Å². The molecule has 0 atom stereocenters. The summed E-state index contributed by atoms with van der Waals surface area (Å²) in [7, 11) is 1.62. The van der Waals surface area contributed by atoms with E-state index in [1.807, 2.05) is 35.6 Å². The van der Waals surface area contributed by atoms with Crippen LogP contribution >= 0.6 is 11.6 Å². The van der Waals surface area contributed by atoms with Gasteiger partial charge >= 0.3 is 0 Å². The van der Waals surface area contributed by atoms with Crippen LogP contribution in [0.5, 0.6) is 5.75 Å². The number of anilines is 1. The van der Waals surface area contributed by atoms with Gasteiger partial charge in [-0.2, -0.15) is 0 Å². The minimum Gasteiger partial charge on any atom is -0.495 e. The topological polar surface area (TPSA) is 58.9 Å². The van der Waals surface area contributed by atoms with Crippen molar-refractivity contribution in [1.29, 1.82) is 0 Å². The van der Waals surface area contributed by atoms with Crippen molar-refractivity contribution in [1.82, 2.24) is 14.7 Å². The zero-order valence-corrected chi connectivity index (χ0v) is 21.5. The van der Waals surface area contributed by atoms with E-state index in [9.17, 15) is 4.79 Å². The smallest absolute Gasteiger partial charge is 0.270 e. The van der Waals surface area contributed by atoms with Crippen LogP contribution in [-0.2, 0) is 13.0 Å². The largest absolute Gasteiger partial charge is 0.495 e. The Balaban J connectivity index is 1.20. The molecule has 0 spiro atoms. The molecule has 1 amide bonds. The van der Waals surface area contributed by atoms with Crippen LogP contribution in [0.15, 0.2) is 66.9 Å². The highest BCUT2D eigenvalue weighted by Crippen LogP contribution is 2.31. The maximum atomic E-state index is 13.1. The first-order chi connectivity index (χ1) is 17.6. The maximum absolute atomic E-state index is 13.1. The van der Waals surface area contributed by atoms with Crippen molar-refractivity contribution < 1.29 is 9.53 Å². The zero-order chi connectivity index (χ0) is 25.1. The number of methoxy groups -OCH3 is 1. The molecule has 1 N–H and O–H groups in total. The number of aromatic nitrogens is 2. The van der Waals surface area contributed by atoms with Gasteiger partial charge in [-0.3, -0.25) is 9.20 Å². The maximum Gasteiger partial charge on any atom is 0.270 e. The molecule has 2 aromatic heterocycles. The summed E-state index contributed by atoms with van der Waals surface area (Å²) in [5, 5.41) is 3.86. The molecule has 6 nitrogen and oxygen atoms in total. The van der Waals surface area contributed by atoms with Crippen LogP contribution in [0, 0.1) is 0 Å². The lowest BCUT2D eigenvalue weighted by Crippen LogP contribution is -2.32. The monoisotopic (exact) mass is 502 g/mol. The predicted molar refractivity (Wildman–Crippen MR) is 144 cm³/mol. The quantitative estimate of drug-likeness (QED) is 0.343. The normalized spacial score (nSPS) is 14.2. The van der Waals surface area contributed by atoms with E-state index in [2.05, 4.69) is 51.6 Å². The molecule has 1 saturated heterocycles. The number of imidazole rings is 1.